The smallest absolute Gasteiger partial charge is 0.263 e. The average Bonchev–Trinajstić information content (AvgIpc) is 3.45. The fraction of sp³-hybridized carbons (Fsp3) is 0.130. The standard InChI is InChI=1S/C23H21N3O3S/c27-23(25-22-12-13-24-26(22)15-21-7-4-14-30-21)17-29-20-10-8-19(9-11-20)28-16-18-5-2-1-3-6-18/h1-14H,15-17H2,(H,25,27). The van der Waals surface area contributed by atoms with E-state index in [1.165, 1.54) is 4.88 Å². The Balaban J connectivity index is 1.25. The highest BCUT2D eigenvalue weighted by Crippen LogP contribution is 2.19. The molecular formula is C23H21N3O3S. The van der Waals surface area contributed by atoms with Crippen molar-refractivity contribution in [3.8, 4) is 11.5 Å². The van der Waals surface area contributed by atoms with Crippen molar-refractivity contribution in [1.82, 2.24) is 9.78 Å². The normalized spacial score (nSPS) is 10.5. The minimum atomic E-state index is -0.243. The zero-order valence-corrected chi connectivity index (χ0v) is 17.0. The van der Waals surface area contributed by atoms with Crippen molar-refractivity contribution in [1.29, 1.82) is 0 Å². The second kappa shape index (κ2) is 9.76. The van der Waals surface area contributed by atoms with Gasteiger partial charge in [0.2, 0.25) is 0 Å². The lowest BCUT2D eigenvalue weighted by Gasteiger charge is -2.10. The molecule has 0 saturated carbocycles. The van der Waals surface area contributed by atoms with Gasteiger partial charge < -0.3 is 14.8 Å². The van der Waals surface area contributed by atoms with Crippen molar-refractivity contribution in [2.45, 2.75) is 13.2 Å². The van der Waals surface area contributed by atoms with Gasteiger partial charge in [-0.15, -0.1) is 11.3 Å². The number of ether oxygens (including phenoxy) is 2. The topological polar surface area (TPSA) is 65.4 Å². The molecule has 4 rings (SSSR count). The van der Waals surface area contributed by atoms with Crippen LogP contribution in [0.5, 0.6) is 11.5 Å². The summed E-state index contributed by atoms with van der Waals surface area (Å²) in [6.07, 6.45) is 1.66. The van der Waals surface area contributed by atoms with Crippen LogP contribution in [0.1, 0.15) is 10.4 Å². The highest BCUT2D eigenvalue weighted by atomic mass is 32.1. The van der Waals surface area contributed by atoms with Gasteiger partial charge in [0.1, 0.15) is 23.9 Å². The van der Waals surface area contributed by atoms with E-state index in [2.05, 4.69) is 10.4 Å². The Morgan fingerprint density at radius 1 is 0.933 bits per heavy atom. The minimum absolute atomic E-state index is 0.0889. The predicted octanol–water partition coefficient (Wildman–Crippen LogP) is 4.59. The molecule has 0 aliphatic rings. The number of aromatic nitrogens is 2. The van der Waals surface area contributed by atoms with Crippen LogP contribution in [-0.2, 0) is 17.9 Å². The van der Waals surface area contributed by atoms with Crippen LogP contribution in [0.2, 0.25) is 0 Å². The number of hydrogen-bond acceptors (Lipinski definition) is 5. The molecule has 6 nitrogen and oxygen atoms in total. The molecule has 0 aliphatic carbocycles. The van der Waals surface area contributed by atoms with Crippen LogP contribution in [0.3, 0.4) is 0 Å². The SMILES string of the molecule is O=C(COc1ccc(OCc2ccccc2)cc1)Nc1ccnn1Cc1cccs1. The molecule has 30 heavy (non-hydrogen) atoms. The van der Waals surface area contributed by atoms with Crippen molar-refractivity contribution in [2.24, 2.45) is 0 Å². The Morgan fingerprint density at radius 3 is 2.43 bits per heavy atom. The molecule has 0 fully saturated rings. The van der Waals surface area contributed by atoms with Gasteiger partial charge in [-0.05, 0) is 41.3 Å². The van der Waals surface area contributed by atoms with Gasteiger partial charge in [0.15, 0.2) is 6.61 Å². The summed E-state index contributed by atoms with van der Waals surface area (Å²) in [5.74, 6) is 1.74. The lowest BCUT2D eigenvalue weighted by atomic mass is 10.2. The Morgan fingerprint density at radius 2 is 1.70 bits per heavy atom. The van der Waals surface area contributed by atoms with Crippen LogP contribution in [0.15, 0.2) is 84.4 Å². The van der Waals surface area contributed by atoms with Gasteiger partial charge in [-0.2, -0.15) is 5.10 Å². The molecule has 0 unspecified atom stereocenters. The summed E-state index contributed by atoms with van der Waals surface area (Å²) < 4.78 is 13.1. The summed E-state index contributed by atoms with van der Waals surface area (Å²) in [4.78, 5) is 13.4. The first-order valence-corrected chi connectivity index (χ1v) is 10.4. The first-order valence-electron chi connectivity index (χ1n) is 9.50. The molecule has 2 aromatic carbocycles. The number of hydrogen-bond donors (Lipinski definition) is 1. The van der Waals surface area contributed by atoms with E-state index in [0.29, 0.717) is 24.7 Å². The Bertz CT molecular complexity index is 1060. The first-order chi connectivity index (χ1) is 14.8. The predicted molar refractivity (Wildman–Crippen MR) is 117 cm³/mol. The number of thiophene rings is 1. The second-order valence-electron chi connectivity index (χ2n) is 6.54. The molecule has 7 heteroatoms. The van der Waals surface area contributed by atoms with Gasteiger partial charge in [-0.1, -0.05) is 36.4 Å². The third-order valence-electron chi connectivity index (χ3n) is 4.31. The van der Waals surface area contributed by atoms with Gasteiger partial charge in [0.05, 0.1) is 12.7 Å². The maximum atomic E-state index is 12.3. The van der Waals surface area contributed by atoms with E-state index < -0.39 is 0 Å². The fourth-order valence-corrected chi connectivity index (χ4v) is 3.50. The van der Waals surface area contributed by atoms with Crippen LogP contribution < -0.4 is 14.8 Å². The molecular weight excluding hydrogens is 398 g/mol. The zero-order valence-electron chi connectivity index (χ0n) is 16.2. The van der Waals surface area contributed by atoms with Crippen LogP contribution >= 0.6 is 11.3 Å². The van der Waals surface area contributed by atoms with Gasteiger partial charge in [-0.3, -0.25) is 4.79 Å². The Hall–Kier alpha value is -3.58. The third-order valence-corrected chi connectivity index (χ3v) is 5.17. The van der Waals surface area contributed by atoms with E-state index in [-0.39, 0.29) is 12.5 Å². The van der Waals surface area contributed by atoms with Crippen LogP contribution in [0.4, 0.5) is 5.82 Å². The van der Waals surface area contributed by atoms with Gasteiger partial charge in [-0.25, -0.2) is 4.68 Å². The van der Waals surface area contributed by atoms with Crippen LogP contribution in [0, 0.1) is 0 Å². The van der Waals surface area contributed by atoms with Crippen molar-refractivity contribution in [2.75, 3.05) is 11.9 Å². The summed E-state index contributed by atoms with van der Waals surface area (Å²) in [7, 11) is 0. The summed E-state index contributed by atoms with van der Waals surface area (Å²) >= 11 is 1.65. The molecule has 0 atom stereocenters. The van der Waals surface area contributed by atoms with Gasteiger partial charge in [0, 0.05) is 10.9 Å². The highest BCUT2D eigenvalue weighted by molar-refractivity contribution is 7.09. The monoisotopic (exact) mass is 419 g/mol. The van der Waals surface area contributed by atoms with E-state index >= 15 is 0 Å². The number of anilines is 1. The van der Waals surface area contributed by atoms with Gasteiger partial charge >= 0.3 is 0 Å². The van der Waals surface area contributed by atoms with E-state index in [9.17, 15) is 4.79 Å². The Labute approximate surface area is 178 Å². The number of carbonyl (C=O) groups is 1. The Kier molecular flexibility index (Phi) is 6.41. The summed E-state index contributed by atoms with van der Waals surface area (Å²) in [5, 5.41) is 9.12. The number of benzene rings is 2. The first kappa shape index (κ1) is 19.7. The second-order valence-corrected chi connectivity index (χ2v) is 7.57. The molecule has 0 spiro atoms. The molecule has 2 aromatic heterocycles. The molecule has 1 N–H and O–H groups in total. The maximum absolute atomic E-state index is 12.3. The molecule has 0 aliphatic heterocycles. The van der Waals surface area contributed by atoms with Crippen molar-refractivity contribution in [3.63, 3.8) is 0 Å². The third kappa shape index (κ3) is 5.48. The van der Waals surface area contributed by atoms with Crippen LogP contribution in [-0.4, -0.2) is 22.3 Å². The number of carbonyl (C=O) groups excluding carboxylic acids is 1. The molecule has 4 aromatic rings. The summed E-state index contributed by atoms with van der Waals surface area (Å²) in [5.41, 5.74) is 1.10. The van der Waals surface area contributed by atoms with Crippen molar-refractivity contribution >= 4 is 23.1 Å². The van der Waals surface area contributed by atoms with Gasteiger partial charge in [0.25, 0.3) is 5.91 Å². The summed E-state index contributed by atoms with van der Waals surface area (Å²) in [6, 6.07) is 23.0. The van der Waals surface area contributed by atoms with E-state index in [1.807, 2.05) is 60.0 Å². The van der Waals surface area contributed by atoms with Crippen LogP contribution in [0.25, 0.3) is 0 Å². The molecule has 0 saturated heterocycles. The molecule has 152 valence electrons. The van der Waals surface area contributed by atoms with E-state index in [0.717, 1.165) is 11.3 Å². The number of rotatable bonds is 9. The lowest BCUT2D eigenvalue weighted by molar-refractivity contribution is -0.118. The zero-order chi connectivity index (χ0) is 20.6. The quantitative estimate of drug-likeness (QED) is 0.431. The summed E-state index contributed by atoms with van der Waals surface area (Å²) in [6.45, 7) is 1.03. The minimum Gasteiger partial charge on any atom is -0.489 e. The average molecular weight is 420 g/mol. The van der Waals surface area contributed by atoms with E-state index in [4.69, 9.17) is 9.47 Å². The lowest BCUT2D eigenvalue weighted by Crippen LogP contribution is -2.22. The molecule has 0 radical (unpaired) electrons. The number of nitrogens with zero attached hydrogens (tertiary/aromatic N) is 2. The molecule has 2 heterocycles. The van der Waals surface area contributed by atoms with Crippen molar-refractivity contribution < 1.29 is 14.3 Å². The number of amides is 1. The fourth-order valence-electron chi connectivity index (χ4n) is 2.82. The molecule has 1 amide bonds. The van der Waals surface area contributed by atoms with Crippen molar-refractivity contribution in [3.05, 3.63) is 94.8 Å². The van der Waals surface area contributed by atoms with E-state index in [1.54, 1.807) is 40.4 Å². The molecule has 0 bridgehead atoms. The highest BCUT2D eigenvalue weighted by Gasteiger charge is 2.09. The maximum Gasteiger partial charge on any atom is 0.263 e. The number of nitrogens with one attached hydrogen (secondary N) is 1. The largest absolute Gasteiger partial charge is 0.489 e.